The number of hydrogen-bond donors (Lipinski definition) is 2. The number of hydrogen-bond acceptors (Lipinski definition) is 3. The molecule has 4 heteroatoms. The van der Waals surface area contributed by atoms with Crippen LogP contribution in [0.1, 0.15) is 50.8 Å². The topological polar surface area (TPSA) is 64.9 Å². The molecule has 0 radical (unpaired) electrons. The Bertz CT molecular complexity index is 458. The highest BCUT2D eigenvalue weighted by atomic mass is 16.1. The first-order valence-corrected chi connectivity index (χ1v) is 7.13. The summed E-state index contributed by atoms with van der Waals surface area (Å²) in [6.07, 6.45) is 1.90. The molecular weight excluding hydrogens is 250 g/mol. The van der Waals surface area contributed by atoms with Gasteiger partial charge in [-0.05, 0) is 37.5 Å². The average molecular weight is 273 g/mol. The van der Waals surface area contributed by atoms with E-state index in [0.29, 0.717) is 12.1 Å². The van der Waals surface area contributed by atoms with Crippen LogP contribution in [0.3, 0.4) is 0 Å². The van der Waals surface area contributed by atoms with Gasteiger partial charge >= 0.3 is 0 Å². The van der Waals surface area contributed by atoms with Crippen molar-refractivity contribution in [3.63, 3.8) is 0 Å². The number of carbonyl (C=O) groups excluding carboxylic acids is 1. The quantitative estimate of drug-likeness (QED) is 0.802. The van der Waals surface area contributed by atoms with E-state index in [1.807, 2.05) is 19.1 Å². The molecule has 1 aromatic carbocycles. The van der Waals surface area contributed by atoms with Crippen molar-refractivity contribution in [2.45, 2.75) is 45.7 Å². The fourth-order valence-corrected chi connectivity index (χ4v) is 1.98. The molecule has 1 unspecified atom stereocenters. The van der Waals surface area contributed by atoms with Crippen LogP contribution in [0.15, 0.2) is 24.3 Å². The Kier molecular flexibility index (Phi) is 6.75. The van der Waals surface area contributed by atoms with Gasteiger partial charge in [0.1, 0.15) is 0 Å². The molecule has 1 aromatic rings. The summed E-state index contributed by atoms with van der Waals surface area (Å²) in [5.74, 6) is 0.0270. The van der Waals surface area contributed by atoms with E-state index in [9.17, 15) is 4.79 Å². The lowest BCUT2D eigenvalue weighted by atomic mass is 10.1. The minimum Gasteiger partial charge on any atom is -0.352 e. The van der Waals surface area contributed by atoms with Crippen molar-refractivity contribution < 1.29 is 4.79 Å². The number of carbonyl (C=O) groups is 1. The fraction of sp³-hybridized carbons (Fsp3) is 0.500. The van der Waals surface area contributed by atoms with E-state index in [1.165, 1.54) is 0 Å². The molecule has 4 nitrogen and oxygen atoms in total. The third kappa shape index (κ3) is 5.02. The van der Waals surface area contributed by atoms with Gasteiger partial charge in [0.2, 0.25) is 5.91 Å². The highest BCUT2D eigenvalue weighted by Crippen LogP contribution is 2.12. The van der Waals surface area contributed by atoms with Crippen LogP contribution in [0.2, 0.25) is 0 Å². The normalized spacial score (nSPS) is 11.9. The van der Waals surface area contributed by atoms with Crippen molar-refractivity contribution in [1.29, 1.82) is 5.26 Å². The Balaban J connectivity index is 2.44. The predicted octanol–water partition coefficient (Wildman–Crippen LogP) is 2.51. The van der Waals surface area contributed by atoms with Crippen molar-refractivity contribution in [2.75, 3.05) is 6.54 Å². The van der Waals surface area contributed by atoms with E-state index in [0.717, 1.165) is 18.4 Å². The van der Waals surface area contributed by atoms with Crippen molar-refractivity contribution >= 4 is 5.91 Å². The van der Waals surface area contributed by atoms with Crippen LogP contribution in [0, 0.1) is 11.3 Å². The van der Waals surface area contributed by atoms with Crippen LogP contribution in [0.5, 0.6) is 0 Å². The summed E-state index contributed by atoms with van der Waals surface area (Å²) in [6, 6.07) is 9.83. The number of benzene rings is 1. The monoisotopic (exact) mass is 273 g/mol. The number of nitrogens with one attached hydrogen (secondary N) is 2. The second kappa shape index (κ2) is 8.34. The van der Waals surface area contributed by atoms with Crippen molar-refractivity contribution in [3.8, 4) is 6.07 Å². The van der Waals surface area contributed by atoms with Gasteiger partial charge in [0.15, 0.2) is 0 Å². The summed E-state index contributed by atoms with van der Waals surface area (Å²) < 4.78 is 0. The third-order valence-electron chi connectivity index (χ3n) is 3.46. The minimum atomic E-state index is 0.0270. The van der Waals surface area contributed by atoms with E-state index in [2.05, 4.69) is 30.6 Å². The van der Waals surface area contributed by atoms with E-state index < -0.39 is 0 Å². The summed E-state index contributed by atoms with van der Waals surface area (Å²) in [5.41, 5.74) is 1.71. The van der Waals surface area contributed by atoms with Gasteiger partial charge in [0.05, 0.1) is 18.2 Å². The zero-order valence-corrected chi connectivity index (χ0v) is 12.4. The Hall–Kier alpha value is -1.86. The summed E-state index contributed by atoms with van der Waals surface area (Å²) in [4.78, 5) is 11.8. The Labute approximate surface area is 121 Å². The minimum absolute atomic E-state index is 0.0270. The average Bonchev–Trinajstić information content (AvgIpc) is 2.50. The van der Waals surface area contributed by atoms with Crippen molar-refractivity contribution in [3.05, 3.63) is 35.4 Å². The molecule has 0 saturated heterocycles. The van der Waals surface area contributed by atoms with Crippen LogP contribution in [0.4, 0.5) is 0 Å². The second-order valence-corrected chi connectivity index (χ2v) is 4.92. The van der Waals surface area contributed by atoms with Gasteiger partial charge in [-0.25, -0.2) is 0 Å². The van der Waals surface area contributed by atoms with Crippen LogP contribution in [-0.4, -0.2) is 18.5 Å². The predicted molar refractivity (Wildman–Crippen MR) is 80.1 cm³/mol. The molecule has 0 aromatic heterocycles. The highest BCUT2D eigenvalue weighted by molar-refractivity contribution is 5.78. The molecule has 0 bridgehead atoms. The van der Waals surface area contributed by atoms with Gasteiger partial charge in [-0.3, -0.25) is 4.79 Å². The molecule has 1 rings (SSSR count). The van der Waals surface area contributed by atoms with Crippen molar-refractivity contribution in [1.82, 2.24) is 10.6 Å². The van der Waals surface area contributed by atoms with Crippen LogP contribution >= 0.6 is 0 Å². The molecule has 1 amide bonds. The lowest BCUT2D eigenvalue weighted by molar-refractivity contribution is -0.121. The molecule has 108 valence electrons. The van der Waals surface area contributed by atoms with Gasteiger partial charge in [0.25, 0.3) is 0 Å². The van der Waals surface area contributed by atoms with Gasteiger partial charge in [-0.1, -0.05) is 26.0 Å². The molecule has 1 atom stereocenters. The standard InChI is InChI=1S/C16H23N3O/c1-4-15(5-2)19-16(20)11-18-12(3)14-8-6-13(10-17)7-9-14/h6-9,12,15,18H,4-5,11H2,1-3H3,(H,19,20). The lowest BCUT2D eigenvalue weighted by Gasteiger charge is -2.17. The highest BCUT2D eigenvalue weighted by Gasteiger charge is 2.10. The Morgan fingerprint density at radius 3 is 2.35 bits per heavy atom. The molecule has 2 N–H and O–H groups in total. The number of nitrogens with zero attached hydrogens (tertiary/aromatic N) is 1. The largest absolute Gasteiger partial charge is 0.352 e. The molecule has 0 saturated carbocycles. The molecule has 0 aliphatic rings. The van der Waals surface area contributed by atoms with Gasteiger partial charge < -0.3 is 10.6 Å². The van der Waals surface area contributed by atoms with Crippen molar-refractivity contribution in [2.24, 2.45) is 0 Å². The summed E-state index contributed by atoms with van der Waals surface area (Å²) in [6.45, 7) is 6.45. The summed E-state index contributed by atoms with van der Waals surface area (Å²) in [7, 11) is 0. The number of nitriles is 1. The lowest BCUT2D eigenvalue weighted by Crippen LogP contribution is -2.40. The van der Waals surface area contributed by atoms with Crippen LogP contribution < -0.4 is 10.6 Å². The Morgan fingerprint density at radius 2 is 1.85 bits per heavy atom. The molecular formula is C16H23N3O. The Morgan fingerprint density at radius 1 is 1.25 bits per heavy atom. The molecule has 0 heterocycles. The third-order valence-corrected chi connectivity index (χ3v) is 3.46. The van der Waals surface area contributed by atoms with Gasteiger partial charge in [0, 0.05) is 12.1 Å². The maximum absolute atomic E-state index is 11.8. The molecule has 20 heavy (non-hydrogen) atoms. The molecule has 0 fully saturated rings. The summed E-state index contributed by atoms with van der Waals surface area (Å²) in [5, 5.41) is 14.9. The smallest absolute Gasteiger partial charge is 0.234 e. The molecule has 0 aliphatic heterocycles. The first-order valence-electron chi connectivity index (χ1n) is 7.13. The van der Waals surface area contributed by atoms with Gasteiger partial charge in [-0.15, -0.1) is 0 Å². The first-order chi connectivity index (χ1) is 9.60. The number of amides is 1. The second-order valence-electron chi connectivity index (χ2n) is 4.92. The fourth-order valence-electron chi connectivity index (χ4n) is 1.98. The maximum atomic E-state index is 11.8. The van der Waals surface area contributed by atoms with Crippen LogP contribution in [0.25, 0.3) is 0 Å². The SMILES string of the molecule is CCC(CC)NC(=O)CNC(C)c1ccc(C#N)cc1. The van der Waals surface area contributed by atoms with E-state index in [1.54, 1.807) is 12.1 Å². The summed E-state index contributed by atoms with van der Waals surface area (Å²) >= 11 is 0. The zero-order valence-electron chi connectivity index (χ0n) is 12.4. The van der Waals surface area contributed by atoms with E-state index in [-0.39, 0.29) is 18.0 Å². The number of rotatable bonds is 7. The zero-order chi connectivity index (χ0) is 15.0. The molecule has 0 spiro atoms. The van der Waals surface area contributed by atoms with E-state index >= 15 is 0 Å². The maximum Gasteiger partial charge on any atom is 0.234 e. The first kappa shape index (κ1) is 16.2. The van der Waals surface area contributed by atoms with E-state index in [4.69, 9.17) is 5.26 Å². The molecule has 0 aliphatic carbocycles. The van der Waals surface area contributed by atoms with Gasteiger partial charge in [-0.2, -0.15) is 5.26 Å². The van der Waals surface area contributed by atoms with Crippen LogP contribution in [-0.2, 0) is 4.79 Å².